The SMILES string of the molecule is COc1ccc(CN2CCN(CC(=O)N3CCC[C@H]3c3cccs3)CC2)cc1OC. The molecule has 3 heterocycles. The van der Waals surface area contributed by atoms with Crippen molar-refractivity contribution in [3.63, 3.8) is 0 Å². The summed E-state index contributed by atoms with van der Waals surface area (Å²) in [5.41, 5.74) is 1.22. The number of carbonyl (C=O) groups excluding carboxylic acids is 1. The van der Waals surface area contributed by atoms with Gasteiger partial charge < -0.3 is 14.4 Å². The number of nitrogens with zero attached hydrogens (tertiary/aromatic N) is 3. The van der Waals surface area contributed by atoms with E-state index in [1.54, 1.807) is 25.6 Å². The van der Waals surface area contributed by atoms with Crippen molar-refractivity contribution < 1.29 is 14.3 Å². The van der Waals surface area contributed by atoms with Gasteiger partial charge in [-0.25, -0.2) is 0 Å². The maximum Gasteiger partial charge on any atom is 0.237 e. The first-order valence-corrected chi connectivity index (χ1v) is 11.5. The molecular weight excluding hydrogens is 398 g/mol. The third-order valence-corrected chi connectivity index (χ3v) is 7.10. The standard InChI is InChI=1S/C23H31N3O3S/c1-28-20-8-7-18(15-21(20)29-2)16-24-10-12-25(13-11-24)17-23(27)26-9-3-5-19(26)22-6-4-14-30-22/h4,6-8,14-15,19H,3,5,9-13,16-17H2,1-2H3/t19-/m0/s1. The molecule has 0 saturated carbocycles. The summed E-state index contributed by atoms with van der Waals surface area (Å²) in [5.74, 6) is 1.80. The number of likely N-dealkylation sites (tertiary alicyclic amines) is 1. The second-order valence-corrected chi connectivity index (χ2v) is 8.98. The minimum absolute atomic E-state index is 0.277. The summed E-state index contributed by atoms with van der Waals surface area (Å²) < 4.78 is 10.7. The Balaban J connectivity index is 1.27. The third-order valence-electron chi connectivity index (χ3n) is 6.12. The van der Waals surface area contributed by atoms with Crippen molar-refractivity contribution in [3.8, 4) is 11.5 Å². The predicted octanol–water partition coefficient (Wildman–Crippen LogP) is 3.25. The van der Waals surface area contributed by atoms with E-state index in [-0.39, 0.29) is 11.9 Å². The van der Waals surface area contributed by atoms with Crippen LogP contribution in [0.25, 0.3) is 0 Å². The summed E-state index contributed by atoms with van der Waals surface area (Å²) in [5, 5.41) is 2.11. The first kappa shape index (κ1) is 21.2. The lowest BCUT2D eigenvalue weighted by Gasteiger charge is -2.35. The molecule has 1 aromatic carbocycles. The molecule has 4 rings (SSSR count). The summed E-state index contributed by atoms with van der Waals surface area (Å²) >= 11 is 1.76. The van der Waals surface area contributed by atoms with E-state index < -0.39 is 0 Å². The molecule has 162 valence electrons. The first-order chi connectivity index (χ1) is 14.7. The summed E-state index contributed by atoms with van der Waals surface area (Å²) in [7, 11) is 3.32. The number of ether oxygens (including phenoxy) is 2. The Bertz CT molecular complexity index is 834. The smallest absolute Gasteiger partial charge is 0.237 e. The Labute approximate surface area is 183 Å². The van der Waals surface area contributed by atoms with Crippen LogP contribution >= 0.6 is 11.3 Å². The highest BCUT2D eigenvalue weighted by molar-refractivity contribution is 7.10. The summed E-state index contributed by atoms with van der Waals surface area (Å²) in [6.45, 7) is 6.10. The second-order valence-electron chi connectivity index (χ2n) is 8.00. The highest BCUT2D eigenvalue weighted by atomic mass is 32.1. The van der Waals surface area contributed by atoms with Crippen LogP contribution in [0.1, 0.15) is 29.3 Å². The molecule has 1 atom stereocenters. The van der Waals surface area contributed by atoms with Gasteiger partial charge in [-0.2, -0.15) is 0 Å². The fourth-order valence-corrected chi connectivity index (χ4v) is 5.34. The van der Waals surface area contributed by atoms with Crippen LogP contribution in [0.5, 0.6) is 11.5 Å². The number of carbonyl (C=O) groups is 1. The largest absolute Gasteiger partial charge is 0.493 e. The van der Waals surface area contributed by atoms with Gasteiger partial charge in [0.05, 0.1) is 26.8 Å². The highest BCUT2D eigenvalue weighted by Gasteiger charge is 2.31. The van der Waals surface area contributed by atoms with Crippen LogP contribution in [0.15, 0.2) is 35.7 Å². The van der Waals surface area contributed by atoms with Gasteiger partial charge in [0.2, 0.25) is 5.91 Å². The normalized spacial score (nSPS) is 20.5. The van der Waals surface area contributed by atoms with Gasteiger partial charge in [0, 0.05) is 44.1 Å². The number of rotatable bonds is 7. The van der Waals surface area contributed by atoms with E-state index in [9.17, 15) is 4.79 Å². The number of thiophene rings is 1. The van der Waals surface area contributed by atoms with Crippen LogP contribution in [0, 0.1) is 0 Å². The lowest BCUT2D eigenvalue weighted by molar-refractivity contribution is -0.133. The molecule has 0 bridgehead atoms. The average molecular weight is 430 g/mol. The molecule has 6 nitrogen and oxygen atoms in total. The van der Waals surface area contributed by atoms with E-state index >= 15 is 0 Å². The van der Waals surface area contributed by atoms with Crippen LogP contribution in [0.4, 0.5) is 0 Å². The van der Waals surface area contributed by atoms with E-state index in [0.29, 0.717) is 6.54 Å². The minimum Gasteiger partial charge on any atom is -0.493 e. The molecule has 2 aromatic rings. The molecule has 7 heteroatoms. The van der Waals surface area contributed by atoms with Gasteiger partial charge in [-0.05, 0) is 42.0 Å². The van der Waals surface area contributed by atoms with Crippen LogP contribution in [-0.2, 0) is 11.3 Å². The van der Waals surface area contributed by atoms with Gasteiger partial charge in [0.1, 0.15) is 0 Å². The maximum absolute atomic E-state index is 13.0. The predicted molar refractivity (Wildman–Crippen MR) is 119 cm³/mol. The monoisotopic (exact) mass is 429 g/mol. The molecule has 0 aliphatic carbocycles. The van der Waals surface area contributed by atoms with E-state index in [0.717, 1.165) is 63.6 Å². The Hall–Kier alpha value is -2.09. The molecule has 0 N–H and O–H groups in total. The van der Waals surface area contributed by atoms with Crippen molar-refractivity contribution in [2.45, 2.75) is 25.4 Å². The van der Waals surface area contributed by atoms with Gasteiger partial charge >= 0.3 is 0 Å². The van der Waals surface area contributed by atoms with Crippen molar-refractivity contribution in [1.29, 1.82) is 0 Å². The van der Waals surface area contributed by atoms with E-state index in [2.05, 4.69) is 38.3 Å². The lowest BCUT2D eigenvalue weighted by atomic mass is 10.1. The zero-order valence-corrected chi connectivity index (χ0v) is 18.7. The Morgan fingerprint density at radius 2 is 1.80 bits per heavy atom. The number of piperazine rings is 1. The van der Waals surface area contributed by atoms with Gasteiger partial charge in [0.15, 0.2) is 11.5 Å². The second kappa shape index (κ2) is 9.81. The van der Waals surface area contributed by atoms with E-state index in [1.165, 1.54) is 10.4 Å². The number of methoxy groups -OCH3 is 2. The van der Waals surface area contributed by atoms with Gasteiger partial charge in [-0.3, -0.25) is 14.6 Å². The molecule has 0 spiro atoms. The molecule has 2 saturated heterocycles. The van der Waals surface area contributed by atoms with Crippen molar-refractivity contribution in [2.24, 2.45) is 0 Å². The molecule has 2 aliphatic rings. The molecule has 2 aliphatic heterocycles. The third kappa shape index (κ3) is 4.79. The van der Waals surface area contributed by atoms with Crippen molar-refractivity contribution in [1.82, 2.24) is 14.7 Å². The van der Waals surface area contributed by atoms with Crippen LogP contribution in [-0.4, -0.2) is 74.1 Å². The van der Waals surface area contributed by atoms with Gasteiger partial charge in [-0.15, -0.1) is 11.3 Å². The highest BCUT2D eigenvalue weighted by Crippen LogP contribution is 2.34. The number of hydrogen-bond acceptors (Lipinski definition) is 6. The van der Waals surface area contributed by atoms with Crippen LogP contribution < -0.4 is 9.47 Å². The zero-order valence-electron chi connectivity index (χ0n) is 17.9. The molecule has 0 unspecified atom stereocenters. The van der Waals surface area contributed by atoms with E-state index in [1.807, 2.05) is 12.1 Å². The Morgan fingerprint density at radius 3 is 2.50 bits per heavy atom. The van der Waals surface area contributed by atoms with Gasteiger partial charge in [0.25, 0.3) is 0 Å². The summed E-state index contributed by atoms with van der Waals surface area (Å²) in [6.07, 6.45) is 2.19. The Kier molecular flexibility index (Phi) is 6.92. The van der Waals surface area contributed by atoms with Gasteiger partial charge in [-0.1, -0.05) is 12.1 Å². The van der Waals surface area contributed by atoms with Crippen molar-refractivity contribution >= 4 is 17.2 Å². The fraction of sp³-hybridized carbons (Fsp3) is 0.522. The average Bonchev–Trinajstić information content (AvgIpc) is 3.46. The molecule has 30 heavy (non-hydrogen) atoms. The topological polar surface area (TPSA) is 45.2 Å². The van der Waals surface area contributed by atoms with E-state index in [4.69, 9.17) is 9.47 Å². The fourth-order valence-electron chi connectivity index (χ4n) is 4.47. The van der Waals surface area contributed by atoms with Crippen LogP contribution in [0.2, 0.25) is 0 Å². The van der Waals surface area contributed by atoms with Crippen molar-refractivity contribution in [3.05, 3.63) is 46.2 Å². The minimum atomic E-state index is 0.277. The molecule has 1 aromatic heterocycles. The Morgan fingerprint density at radius 1 is 1.03 bits per heavy atom. The molecule has 2 fully saturated rings. The number of hydrogen-bond donors (Lipinski definition) is 0. The molecule has 0 radical (unpaired) electrons. The molecule has 1 amide bonds. The zero-order chi connectivity index (χ0) is 20.9. The summed E-state index contributed by atoms with van der Waals surface area (Å²) in [4.78, 5) is 21.1. The summed E-state index contributed by atoms with van der Waals surface area (Å²) in [6, 6.07) is 10.6. The quantitative estimate of drug-likeness (QED) is 0.676. The molecular formula is C23H31N3O3S. The maximum atomic E-state index is 13.0. The van der Waals surface area contributed by atoms with Crippen molar-refractivity contribution in [2.75, 3.05) is 53.5 Å². The number of benzene rings is 1. The number of amides is 1. The first-order valence-electron chi connectivity index (χ1n) is 10.7. The van der Waals surface area contributed by atoms with Crippen LogP contribution in [0.3, 0.4) is 0 Å². The lowest BCUT2D eigenvalue weighted by Crippen LogP contribution is -2.49.